The summed E-state index contributed by atoms with van der Waals surface area (Å²) in [5.41, 5.74) is 2.51. The smallest absolute Gasteiger partial charge is 0.228 e. The van der Waals surface area contributed by atoms with Crippen LogP contribution in [0.15, 0.2) is 27.6 Å². The van der Waals surface area contributed by atoms with Gasteiger partial charge in [-0.3, -0.25) is 9.48 Å². The van der Waals surface area contributed by atoms with E-state index in [4.69, 9.17) is 0 Å². The van der Waals surface area contributed by atoms with Crippen molar-refractivity contribution in [3.8, 4) is 0 Å². The predicted octanol–water partition coefficient (Wildman–Crippen LogP) is 3.30. The van der Waals surface area contributed by atoms with Crippen LogP contribution in [0.3, 0.4) is 0 Å². The lowest BCUT2D eigenvalue weighted by atomic mass is 10.3. The number of amides is 1. The van der Waals surface area contributed by atoms with Crippen molar-refractivity contribution < 1.29 is 13.2 Å². The average Bonchev–Trinajstić information content (AvgIpc) is 3.07. The Morgan fingerprint density at radius 1 is 1.35 bits per heavy atom. The highest BCUT2D eigenvalue weighted by Crippen LogP contribution is 2.28. The Kier molecular flexibility index (Phi) is 5.18. The van der Waals surface area contributed by atoms with Crippen LogP contribution in [0.2, 0.25) is 0 Å². The van der Waals surface area contributed by atoms with E-state index < -0.39 is 9.84 Å². The molecule has 0 radical (unpaired) electrons. The summed E-state index contributed by atoms with van der Waals surface area (Å²) in [7, 11) is -3.27. The molecular weight excluding hydrogens is 440 g/mol. The molecule has 1 N–H and O–H groups in total. The Hall–Kier alpha value is -1.78. The summed E-state index contributed by atoms with van der Waals surface area (Å²) in [5, 5.41) is 7.59. The Labute approximate surface area is 163 Å². The van der Waals surface area contributed by atoms with Crippen LogP contribution in [-0.4, -0.2) is 35.3 Å². The lowest BCUT2D eigenvalue weighted by Crippen LogP contribution is -2.15. The lowest BCUT2D eigenvalue weighted by molar-refractivity contribution is -0.116. The molecule has 0 saturated carbocycles. The Balaban J connectivity index is 1.70. The van der Waals surface area contributed by atoms with Gasteiger partial charge in [0.15, 0.2) is 15.0 Å². The van der Waals surface area contributed by atoms with E-state index in [0.717, 1.165) is 22.1 Å². The normalized spacial score (nSPS) is 11.8. The molecule has 0 saturated heterocycles. The fraction of sp³-hybridized carbons (Fsp3) is 0.312. The van der Waals surface area contributed by atoms with Gasteiger partial charge in [-0.05, 0) is 48.0 Å². The number of anilines is 1. The van der Waals surface area contributed by atoms with Crippen molar-refractivity contribution >= 4 is 58.4 Å². The summed E-state index contributed by atoms with van der Waals surface area (Å²) in [5.74, 6) is -0.170. The zero-order valence-corrected chi connectivity index (χ0v) is 17.6. The number of sulfone groups is 1. The van der Waals surface area contributed by atoms with Crippen molar-refractivity contribution in [1.29, 1.82) is 0 Å². The molecule has 3 rings (SSSR count). The first-order chi connectivity index (χ1) is 12.1. The standard InChI is InChI=1S/C16H17BrN4O3S2/c1-9-15(17)10(2)21(20-9)7-6-14(22)19-16-18-12-5-4-11(26(3,23)24)8-13(12)25-16/h4-5,8H,6-7H2,1-3H3,(H,18,19,22). The monoisotopic (exact) mass is 456 g/mol. The summed E-state index contributed by atoms with van der Waals surface area (Å²) >= 11 is 4.71. The van der Waals surface area contributed by atoms with Crippen LogP contribution in [0.4, 0.5) is 5.13 Å². The van der Waals surface area contributed by atoms with E-state index in [1.54, 1.807) is 16.8 Å². The number of hydrogen-bond donors (Lipinski definition) is 1. The van der Waals surface area contributed by atoms with Crippen molar-refractivity contribution in [1.82, 2.24) is 14.8 Å². The number of benzene rings is 1. The second-order valence-corrected chi connectivity index (χ2v) is 9.77. The van der Waals surface area contributed by atoms with Crippen LogP contribution in [0, 0.1) is 13.8 Å². The molecule has 2 heterocycles. The predicted molar refractivity (Wildman–Crippen MR) is 105 cm³/mol. The minimum Gasteiger partial charge on any atom is -0.302 e. The largest absolute Gasteiger partial charge is 0.302 e. The van der Waals surface area contributed by atoms with E-state index in [-0.39, 0.29) is 17.2 Å². The number of nitrogens with zero attached hydrogens (tertiary/aromatic N) is 3. The van der Waals surface area contributed by atoms with E-state index in [0.29, 0.717) is 21.9 Å². The summed E-state index contributed by atoms with van der Waals surface area (Å²) in [6, 6.07) is 4.74. The molecule has 1 amide bonds. The molecular formula is C16H17BrN4O3S2. The molecule has 0 bridgehead atoms. The number of fused-ring (bicyclic) bond motifs is 1. The third-order valence-electron chi connectivity index (χ3n) is 3.88. The van der Waals surface area contributed by atoms with Crippen molar-refractivity contribution in [2.75, 3.05) is 11.6 Å². The van der Waals surface area contributed by atoms with E-state index >= 15 is 0 Å². The van der Waals surface area contributed by atoms with Crippen LogP contribution in [0.5, 0.6) is 0 Å². The maximum absolute atomic E-state index is 12.2. The fourth-order valence-corrected chi connectivity index (χ4v) is 4.40. The van der Waals surface area contributed by atoms with Crippen molar-refractivity contribution in [2.45, 2.75) is 31.7 Å². The van der Waals surface area contributed by atoms with Gasteiger partial charge in [0.2, 0.25) is 5.91 Å². The van der Waals surface area contributed by atoms with E-state index in [9.17, 15) is 13.2 Å². The molecule has 7 nitrogen and oxygen atoms in total. The lowest BCUT2D eigenvalue weighted by Gasteiger charge is -2.04. The molecule has 0 aliphatic carbocycles. The highest BCUT2D eigenvalue weighted by molar-refractivity contribution is 9.10. The quantitative estimate of drug-likeness (QED) is 0.635. The van der Waals surface area contributed by atoms with Gasteiger partial charge >= 0.3 is 0 Å². The van der Waals surface area contributed by atoms with Crippen molar-refractivity contribution in [3.63, 3.8) is 0 Å². The van der Waals surface area contributed by atoms with Gasteiger partial charge in [0.25, 0.3) is 0 Å². The van der Waals surface area contributed by atoms with E-state index in [2.05, 4.69) is 31.3 Å². The zero-order valence-electron chi connectivity index (χ0n) is 14.4. The van der Waals surface area contributed by atoms with Gasteiger partial charge in [0.05, 0.1) is 31.8 Å². The third kappa shape index (κ3) is 3.97. The number of thiazole rings is 1. The summed E-state index contributed by atoms with van der Waals surface area (Å²) in [4.78, 5) is 16.8. The molecule has 10 heteroatoms. The molecule has 0 fully saturated rings. The first-order valence-corrected chi connectivity index (χ1v) is 11.3. The van der Waals surface area contributed by atoms with Crippen molar-refractivity contribution in [2.24, 2.45) is 0 Å². The van der Waals surface area contributed by atoms with Crippen molar-refractivity contribution in [3.05, 3.63) is 34.1 Å². The first kappa shape index (κ1) is 19.0. The number of aromatic nitrogens is 3. The summed E-state index contributed by atoms with van der Waals surface area (Å²) in [6.45, 7) is 4.31. The molecule has 0 atom stereocenters. The Morgan fingerprint density at radius 2 is 2.08 bits per heavy atom. The Morgan fingerprint density at radius 3 is 2.69 bits per heavy atom. The average molecular weight is 457 g/mol. The number of halogens is 1. The fourth-order valence-electron chi connectivity index (χ4n) is 2.47. The van der Waals surface area contributed by atoms with Crippen LogP contribution in [0.1, 0.15) is 17.8 Å². The second-order valence-electron chi connectivity index (χ2n) is 5.93. The zero-order chi connectivity index (χ0) is 19.1. The third-order valence-corrected chi connectivity index (χ3v) is 7.07. The summed E-state index contributed by atoms with van der Waals surface area (Å²) < 4.78 is 26.7. The summed E-state index contributed by atoms with van der Waals surface area (Å²) in [6.07, 6.45) is 1.42. The van der Waals surface area contributed by atoms with Crippen LogP contribution < -0.4 is 5.32 Å². The number of carbonyl (C=O) groups excluding carboxylic acids is 1. The number of rotatable bonds is 5. The molecule has 2 aromatic heterocycles. The molecule has 138 valence electrons. The van der Waals surface area contributed by atoms with Gasteiger partial charge in [-0.1, -0.05) is 11.3 Å². The van der Waals surface area contributed by atoms with Gasteiger partial charge in [-0.25, -0.2) is 13.4 Å². The van der Waals surface area contributed by atoms with Gasteiger partial charge in [-0.2, -0.15) is 5.10 Å². The van der Waals surface area contributed by atoms with Crippen LogP contribution in [0.25, 0.3) is 10.2 Å². The number of nitrogens with one attached hydrogen (secondary N) is 1. The van der Waals surface area contributed by atoms with E-state index in [1.165, 1.54) is 17.4 Å². The minimum absolute atomic E-state index is 0.170. The van der Waals surface area contributed by atoms with Crippen LogP contribution >= 0.6 is 27.3 Å². The highest BCUT2D eigenvalue weighted by atomic mass is 79.9. The molecule has 0 spiro atoms. The minimum atomic E-state index is -3.27. The van der Waals surface area contributed by atoms with Gasteiger partial charge < -0.3 is 5.32 Å². The molecule has 0 unspecified atom stereocenters. The second kappa shape index (κ2) is 7.09. The molecule has 26 heavy (non-hydrogen) atoms. The highest BCUT2D eigenvalue weighted by Gasteiger charge is 2.13. The van der Waals surface area contributed by atoms with E-state index in [1.807, 2.05) is 13.8 Å². The molecule has 3 aromatic rings. The maximum Gasteiger partial charge on any atom is 0.228 e. The molecule has 1 aromatic carbocycles. The maximum atomic E-state index is 12.2. The molecule has 0 aliphatic rings. The van der Waals surface area contributed by atoms with Crippen LogP contribution in [-0.2, 0) is 21.2 Å². The van der Waals surface area contributed by atoms with Gasteiger partial charge in [0.1, 0.15) is 0 Å². The topological polar surface area (TPSA) is 93.9 Å². The van der Waals surface area contributed by atoms with Gasteiger partial charge in [-0.15, -0.1) is 0 Å². The number of hydrogen-bond acceptors (Lipinski definition) is 6. The molecule has 0 aliphatic heterocycles. The number of carbonyl (C=O) groups is 1. The number of aryl methyl sites for hydroxylation is 2. The SMILES string of the molecule is Cc1nn(CCC(=O)Nc2nc3ccc(S(C)(=O)=O)cc3s2)c(C)c1Br. The Bertz CT molecular complexity index is 1100. The first-order valence-electron chi connectivity index (χ1n) is 7.75. The van der Waals surface area contributed by atoms with Gasteiger partial charge in [0, 0.05) is 18.4 Å².